The van der Waals surface area contributed by atoms with E-state index in [1.807, 2.05) is 36.4 Å². The van der Waals surface area contributed by atoms with Gasteiger partial charge in [0.05, 0.1) is 11.4 Å². The number of fused-ring (bicyclic) bond motifs is 1. The van der Waals surface area contributed by atoms with Gasteiger partial charge in [-0.05, 0) is 50.2 Å². The highest BCUT2D eigenvalue weighted by molar-refractivity contribution is 5.92. The van der Waals surface area contributed by atoms with Crippen LogP contribution in [0.4, 0.5) is 11.5 Å². The monoisotopic (exact) mass is 293 g/mol. The van der Waals surface area contributed by atoms with Crippen LogP contribution in [0.15, 0.2) is 52.7 Å². The van der Waals surface area contributed by atoms with Gasteiger partial charge in [0.1, 0.15) is 5.65 Å². The van der Waals surface area contributed by atoms with Crippen molar-refractivity contribution in [1.82, 2.24) is 9.38 Å². The molecule has 0 saturated heterocycles. The number of benzene rings is 1. The van der Waals surface area contributed by atoms with Crippen molar-refractivity contribution in [2.45, 2.75) is 13.8 Å². The summed E-state index contributed by atoms with van der Waals surface area (Å²) in [6.07, 6.45) is 0. The van der Waals surface area contributed by atoms with E-state index in [1.54, 1.807) is 24.3 Å². The van der Waals surface area contributed by atoms with E-state index >= 15 is 0 Å². The van der Waals surface area contributed by atoms with Gasteiger partial charge in [0.15, 0.2) is 5.82 Å². The molecule has 0 aliphatic heterocycles. The summed E-state index contributed by atoms with van der Waals surface area (Å²) >= 11 is 0. The number of hydrogen-bond acceptors (Lipinski definition) is 4. The summed E-state index contributed by atoms with van der Waals surface area (Å²) in [5, 5.41) is 8.52. The number of pyridine rings is 1. The third-order valence-electron chi connectivity index (χ3n) is 3.39. The Balaban J connectivity index is 1.99. The van der Waals surface area contributed by atoms with Gasteiger partial charge in [-0.25, -0.2) is 4.98 Å². The molecule has 2 heterocycles. The normalized spacial score (nSPS) is 11.4. The standard InChI is InChI=1S/C16H15N5O/c1-10-4-3-5-14-18-11(2)16(21(10)14)20-19-13-8-6-12(7-9-13)15(17)22/h3-9H,1-2H3,(H2,17,22). The lowest BCUT2D eigenvalue weighted by molar-refractivity contribution is 0.100. The highest BCUT2D eigenvalue weighted by atomic mass is 16.1. The Hall–Kier alpha value is -3.02. The molecule has 0 atom stereocenters. The SMILES string of the molecule is Cc1nc2cccc(C)n2c1N=Nc1ccc(C(N)=O)cc1. The topological polar surface area (TPSA) is 85.1 Å². The molecule has 3 aromatic rings. The summed E-state index contributed by atoms with van der Waals surface area (Å²) in [6, 6.07) is 12.5. The molecule has 0 spiro atoms. The Bertz CT molecular complexity index is 877. The van der Waals surface area contributed by atoms with Gasteiger partial charge in [0.2, 0.25) is 5.91 Å². The van der Waals surface area contributed by atoms with Crippen LogP contribution in [0.5, 0.6) is 0 Å². The summed E-state index contributed by atoms with van der Waals surface area (Å²) in [5.41, 5.74) is 8.99. The van der Waals surface area contributed by atoms with Crippen molar-refractivity contribution >= 4 is 23.1 Å². The van der Waals surface area contributed by atoms with E-state index in [9.17, 15) is 4.79 Å². The molecule has 2 N–H and O–H groups in total. The molecule has 6 nitrogen and oxygen atoms in total. The molecule has 110 valence electrons. The lowest BCUT2D eigenvalue weighted by atomic mass is 10.2. The summed E-state index contributed by atoms with van der Waals surface area (Å²) in [4.78, 5) is 15.5. The molecule has 22 heavy (non-hydrogen) atoms. The van der Waals surface area contributed by atoms with Crippen LogP contribution in [-0.2, 0) is 0 Å². The molecule has 0 unspecified atom stereocenters. The van der Waals surface area contributed by atoms with Gasteiger partial charge in [0, 0.05) is 11.3 Å². The summed E-state index contributed by atoms with van der Waals surface area (Å²) < 4.78 is 1.95. The van der Waals surface area contributed by atoms with Crippen molar-refractivity contribution in [2.24, 2.45) is 16.0 Å². The van der Waals surface area contributed by atoms with Crippen molar-refractivity contribution in [3.8, 4) is 0 Å². The van der Waals surface area contributed by atoms with Gasteiger partial charge in [-0.3, -0.25) is 9.20 Å². The number of imidazole rings is 1. The second-order valence-corrected chi connectivity index (χ2v) is 4.99. The van der Waals surface area contributed by atoms with E-state index in [-0.39, 0.29) is 0 Å². The maximum Gasteiger partial charge on any atom is 0.248 e. The molecule has 3 rings (SSSR count). The van der Waals surface area contributed by atoms with Gasteiger partial charge in [0.25, 0.3) is 0 Å². The minimum atomic E-state index is -0.461. The molecule has 2 aromatic heterocycles. The van der Waals surface area contributed by atoms with Gasteiger partial charge in [-0.1, -0.05) is 6.07 Å². The Kier molecular flexibility index (Phi) is 3.42. The van der Waals surface area contributed by atoms with Crippen LogP contribution in [0.3, 0.4) is 0 Å². The molecule has 6 heteroatoms. The van der Waals surface area contributed by atoms with Crippen molar-refractivity contribution in [1.29, 1.82) is 0 Å². The van der Waals surface area contributed by atoms with Crippen molar-refractivity contribution in [3.63, 3.8) is 0 Å². The molecular formula is C16H15N5O. The van der Waals surface area contributed by atoms with Gasteiger partial charge in [-0.15, -0.1) is 10.2 Å². The second-order valence-electron chi connectivity index (χ2n) is 4.99. The third-order valence-corrected chi connectivity index (χ3v) is 3.39. The van der Waals surface area contributed by atoms with Crippen LogP contribution < -0.4 is 5.73 Å². The zero-order valence-electron chi connectivity index (χ0n) is 12.3. The van der Waals surface area contributed by atoms with Crippen LogP contribution in [0.2, 0.25) is 0 Å². The number of nitrogens with two attached hydrogens (primary N) is 1. The van der Waals surface area contributed by atoms with Crippen LogP contribution in [0.1, 0.15) is 21.7 Å². The fraction of sp³-hybridized carbons (Fsp3) is 0.125. The van der Waals surface area contributed by atoms with E-state index in [1.165, 1.54) is 0 Å². The number of hydrogen-bond donors (Lipinski definition) is 1. The largest absolute Gasteiger partial charge is 0.366 e. The van der Waals surface area contributed by atoms with Crippen molar-refractivity contribution in [3.05, 3.63) is 59.4 Å². The molecular weight excluding hydrogens is 278 g/mol. The van der Waals surface area contributed by atoms with Crippen molar-refractivity contribution < 1.29 is 4.79 Å². The number of amides is 1. The van der Waals surface area contributed by atoms with E-state index in [2.05, 4.69) is 15.2 Å². The smallest absolute Gasteiger partial charge is 0.248 e. The molecule has 0 bridgehead atoms. The number of carbonyl (C=O) groups excluding carboxylic acids is 1. The quantitative estimate of drug-likeness (QED) is 0.750. The Labute approximate surface area is 127 Å². The van der Waals surface area contributed by atoms with E-state index in [4.69, 9.17) is 5.73 Å². The lowest BCUT2D eigenvalue weighted by Gasteiger charge is -2.01. The zero-order valence-corrected chi connectivity index (χ0v) is 12.3. The Morgan fingerprint density at radius 3 is 2.50 bits per heavy atom. The van der Waals surface area contributed by atoms with E-state index in [0.717, 1.165) is 17.0 Å². The van der Waals surface area contributed by atoms with Crippen LogP contribution >= 0.6 is 0 Å². The number of rotatable bonds is 3. The molecule has 1 aromatic carbocycles. The maximum atomic E-state index is 11.0. The van der Waals surface area contributed by atoms with E-state index < -0.39 is 5.91 Å². The zero-order chi connectivity index (χ0) is 15.7. The first-order valence-electron chi connectivity index (χ1n) is 6.82. The lowest BCUT2D eigenvalue weighted by Crippen LogP contribution is -2.10. The summed E-state index contributed by atoms with van der Waals surface area (Å²) in [7, 11) is 0. The van der Waals surface area contributed by atoms with Crippen LogP contribution in [0.25, 0.3) is 5.65 Å². The fourth-order valence-electron chi connectivity index (χ4n) is 2.26. The average molecular weight is 293 g/mol. The van der Waals surface area contributed by atoms with Gasteiger partial charge >= 0.3 is 0 Å². The highest BCUT2D eigenvalue weighted by Gasteiger charge is 2.09. The second kappa shape index (κ2) is 5.40. The maximum absolute atomic E-state index is 11.0. The first-order valence-corrected chi connectivity index (χ1v) is 6.82. The number of aromatic nitrogens is 2. The third kappa shape index (κ3) is 2.46. The van der Waals surface area contributed by atoms with Gasteiger partial charge in [-0.2, -0.15) is 0 Å². The minimum Gasteiger partial charge on any atom is -0.366 e. The first kappa shape index (κ1) is 13.9. The summed E-state index contributed by atoms with van der Waals surface area (Å²) in [5.74, 6) is 0.240. The van der Waals surface area contributed by atoms with Crippen LogP contribution in [0, 0.1) is 13.8 Å². The molecule has 0 radical (unpaired) electrons. The Morgan fingerprint density at radius 1 is 1.09 bits per heavy atom. The Morgan fingerprint density at radius 2 is 1.82 bits per heavy atom. The number of azo groups is 1. The van der Waals surface area contributed by atoms with E-state index in [0.29, 0.717) is 17.1 Å². The fourth-order valence-corrected chi connectivity index (χ4v) is 2.26. The average Bonchev–Trinajstić information content (AvgIpc) is 2.82. The minimum absolute atomic E-state index is 0.445. The number of nitrogens with zero attached hydrogens (tertiary/aromatic N) is 4. The number of aryl methyl sites for hydroxylation is 2. The highest BCUT2D eigenvalue weighted by Crippen LogP contribution is 2.25. The number of primary amides is 1. The molecule has 1 amide bonds. The number of carbonyl (C=O) groups is 1. The first-order chi connectivity index (χ1) is 10.6. The predicted molar refractivity (Wildman–Crippen MR) is 83.8 cm³/mol. The van der Waals surface area contributed by atoms with Crippen molar-refractivity contribution in [2.75, 3.05) is 0 Å². The molecule has 0 saturated carbocycles. The molecule has 0 aliphatic carbocycles. The summed E-state index contributed by atoms with van der Waals surface area (Å²) in [6.45, 7) is 3.89. The molecule has 0 fully saturated rings. The molecule has 0 aliphatic rings. The van der Waals surface area contributed by atoms with Gasteiger partial charge < -0.3 is 5.73 Å². The van der Waals surface area contributed by atoms with Crippen LogP contribution in [-0.4, -0.2) is 15.3 Å². The predicted octanol–water partition coefficient (Wildman–Crippen LogP) is 3.47.